The number of hydrogen-bond donors (Lipinski definition) is 1. The van der Waals surface area contributed by atoms with Crippen molar-refractivity contribution in [1.82, 2.24) is 5.32 Å². The summed E-state index contributed by atoms with van der Waals surface area (Å²) in [6, 6.07) is 9.07. The molecule has 1 atom stereocenters. The summed E-state index contributed by atoms with van der Waals surface area (Å²) in [6.07, 6.45) is 1.31. The van der Waals surface area contributed by atoms with Crippen LogP contribution in [0.25, 0.3) is 0 Å². The molecule has 1 aliphatic rings. The Balaban J connectivity index is 1.80. The van der Waals surface area contributed by atoms with E-state index in [0.717, 1.165) is 18.9 Å². The van der Waals surface area contributed by atoms with Gasteiger partial charge in [-0.05, 0) is 36.8 Å². The summed E-state index contributed by atoms with van der Waals surface area (Å²) in [7, 11) is 0. The normalized spacial score (nSPS) is 19.9. The largest absolute Gasteiger partial charge is 0.494 e. The maximum absolute atomic E-state index is 5.42. The second-order valence-corrected chi connectivity index (χ2v) is 5.17. The summed E-state index contributed by atoms with van der Waals surface area (Å²) in [5, 5.41) is 3.59. The van der Waals surface area contributed by atoms with E-state index in [1.54, 1.807) is 0 Å². The van der Waals surface area contributed by atoms with Crippen LogP contribution in [0.15, 0.2) is 24.3 Å². The summed E-state index contributed by atoms with van der Waals surface area (Å²) in [4.78, 5) is 0. The number of thioether (sulfide) groups is 1. The third kappa shape index (κ3) is 3.42. The van der Waals surface area contributed by atoms with Crippen LogP contribution in [-0.4, -0.2) is 24.2 Å². The molecule has 1 aromatic rings. The van der Waals surface area contributed by atoms with Crippen molar-refractivity contribution in [2.24, 2.45) is 0 Å². The lowest BCUT2D eigenvalue weighted by atomic mass is 10.2. The maximum atomic E-state index is 5.42. The highest BCUT2D eigenvalue weighted by atomic mass is 32.2. The van der Waals surface area contributed by atoms with Crippen LogP contribution in [0, 0.1) is 0 Å². The maximum Gasteiger partial charge on any atom is 0.119 e. The van der Waals surface area contributed by atoms with E-state index < -0.39 is 0 Å². The molecule has 1 aromatic carbocycles. The van der Waals surface area contributed by atoms with Crippen molar-refractivity contribution < 1.29 is 4.74 Å². The van der Waals surface area contributed by atoms with Gasteiger partial charge in [0.2, 0.25) is 0 Å². The molecule has 1 N–H and O–H groups in total. The molecular formula is C13H19NOS. The molecule has 1 unspecified atom stereocenters. The molecule has 0 spiro atoms. The number of ether oxygens (including phenoxy) is 1. The van der Waals surface area contributed by atoms with Gasteiger partial charge >= 0.3 is 0 Å². The minimum absolute atomic E-state index is 0.705. The molecule has 1 aliphatic heterocycles. The standard InChI is InChI=1S/C13H19NOS/c1-2-15-13-5-3-11(4-6-13)9-14-12-7-8-16-10-12/h3-6,12,14H,2,7-10H2,1H3. The van der Waals surface area contributed by atoms with Crippen LogP contribution < -0.4 is 10.1 Å². The van der Waals surface area contributed by atoms with E-state index in [-0.39, 0.29) is 0 Å². The van der Waals surface area contributed by atoms with Crippen LogP contribution >= 0.6 is 11.8 Å². The van der Waals surface area contributed by atoms with Gasteiger partial charge in [0.1, 0.15) is 5.75 Å². The van der Waals surface area contributed by atoms with Crippen molar-refractivity contribution >= 4 is 11.8 Å². The second-order valence-electron chi connectivity index (χ2n) is 4.02. The van der Waals surface area contributed by atoms with Crippen LogP contribution in [0.1, 0.15) is 18.9 Å². The predicted octanol–water partition coefficient (Wildman–Crippen LogP) is 2.68. The average Bonchev–Trinajstić information content (AvgIpc) is 2.82. The van der Waals surface area contributed by atoms with Crippen molar-refractivity contribution in [2.45, 2.75) is 25.9 Å². The molecule has 1 heterocycles. The molecule has 0 radical (unpaired) electrons. The number of hydrogen-bond acceptors (Lipinski definition) is 3. The Labute approximate surface area is 102 Å². The Morgan fingerprint density at radius 3 is 2.81 bits per heavy atom. The fraction of sp³-hybridized carbons (Fsp3) is 0.538. The van der Waals surface area contributed by atoms with Gasteiger partial charge in [-0.3, -0.25) is 0 Å². The quantitative estimate of drug-likeness (QED) is 0.850. The summed E-state index contributed by atoms with van der Waals surface area (Å²) < 4.78 is 5.42. The SMILES string of the molecule is CCOc1ccc(CNC2CCSC2)cc1. The van der Waals surface area contributed by atoms with Crippen LogP contribution in [0.4, 0.5) is 0 Å². The molecule has 16 heavy (non-hydrogen) atoms. The Morgan fingerprint density at radius 2 is 2.19 bits per heavy atom. The molecule has 2 rings (SSSR count). The van der Waals surface area contributed by atoms with E-state index in [1.165, 1.54) is 23.5 Å². The van der Waals surface area contributed by atoms with Gasteiger partial charge < -0.3 is 10.1 Å². The van der Waals surface area contributed by atoms with Gasteiger partial charge in [-0.25, -0.2) is 0 Å². The topological polar surface area (TPSA) is 21.3 Å². The molecule has 2 nitrogen and oxygen atoms in total. The van der Waals surface area contributed by atoms with E-state index >= 15 is 0 Å². The smallest absolute Gasteiger partial charge is 0.119 e. The first-order valence-electron chi connectivity index (χ1n) is 5.91. The monoisotopic (exact) mass is 237 g/mol. The molecule has 3 heteroatoms. The first kappa shape index (κ1) is 11.8. The highest BCUT2D eigenvalue weighted by Crippen LogP contribution is 2.18. The van der Waals surface area contributed by atoms with E-state index in [1.807, 2.05) is 30.8 Å². The first-order valence-corrected chi connectivity index (χ1v) is 7.07. The van der Waals surface area contributed by atoms with Crippen molar-refractivity contribution in [1.29, 1.82) is 0 Å². The Hall–Kier alpha value is -0.670. The lowest BCUT2D eigenvalue weighted by Gasteiger charge is -2.11. The molecule has 0 amide bonds. The highest BCUT2D eigenvalue weighted by molar-refractivity contribution is 7.99. The average molecular weight is 237 g/mol. The minimum Gasteiger partial charge on any atom is -0.494 e. The molecular weight excluding hydrogens is 218 g/mol. The number of nitrogens with one attached hydrogen (secondary N) is 1. The van der Waals surface area contributed by atoms with Crippen LogP contribution in [0.3, 0.4) is 0 Å². The van der Waals surface area contributed by atoms with Crippen LogP contribution in [0.2, 0.25) is 0 Å². The summed E-state index contributed by atoms with van der Waals surface area (Å²) >= 11 is 2.04. The fourth-order valence-electron chi connectivity index (χ4n) is 1.83. The summed E-state index contributed by atoms with van der Waals surface area (Å²) in [6.45, 7) is 3.71. The van der Waals surface area contributed by atoms with Crippen molar-refractivity contribution in [3.8, 4) is 5.75 Å². The lowest BCUT2D eigenvalue weighted by Crippen LogP contribution is -2.27. The Morgan fingerprint density at radius 1 is 1.38 bits per heavy atom. The Kier molecular flexibility index (Phi) is 4.55. The zero-order valence-corrected chi connectivity index (χ0v) is 10.6. The van der Waals surface area contributed by atoms with E-state index in [2.05, 4.69) is 17.4 Å². The van der Waals surface area contributed by atoms with E-state index in [4.69, 9.17) is 4.74 Å². The van der Waals surface area contributed by atoms with Crippen LogP contribution in [0.5, 0.6) is 5.75 Å². The van der Waals surface area contributed by atoms with Gasteiger partial charge in [-0.2, -0.15) is 11.8 Å². The summed E-state index contributed by atoms with van der Waals surface area (Å²) in [5.41, 5.74) is 1.33. The zero-order valence-electron chi connectivity index (χ0n) is 9.74. The van der Waals surface area contributed by atoms with Crippen molar-refractivity contribution in [2.75, 3.05) is 18.1 Å². The van der Waals surface area contributed by atoms with Gasteiger partial charge in [0.05, 0.1) is 6.61 Å². The van der Waals surface area contributed by atoms with Crippen molar-refractivity contribution in [3.05, 3.63) is 29.8 Å². The molecule has 0 aromatic heterocycles. The second kappa shape index (κ2) is 6.16. The van der Waals surface area contributed by atoms with Gasteiger partial charge in [0.15, 0.2) is 0 Å². The van der Waals surface area contributed by atoms with Crippen LogP contribution in [-0.2, 0) is 6.54 Å². The van der Waals surface area contributed by atoms with Gasteiger partial charge in [0, 0.05) is 18.3 Å². The zero-order chi connectivity index (χ0) is 11.2. The highest BCUT2D eigenvalue weighted by Gasteiger charge is 2.13. The first-order chi connectivity index (χ1) is 7.88. The molecule has 0 aliphatic carbocycles. The van der Waals surface area contributed by atoms with Crippen molar-refractivity contribution in [3.63, 3.8) is 0 Å². The lowest BCUT2D eigenvalue weighted by molar-refractivity contribution is 0.340. The predicted molar refractivity (Wildman–Crippen MR) is 70.2 cm³/mol. The fourth-order valence-corrected chi connectivity index (χ4v) is 3.01. The van der Waals surface area contributed by atoms with Gasteiger partial charge in [-0.15, -0.1) is 0 Å². The Bertz CT molecular complexity index is 306. The molecule has 0 bridgehead atoms. The van der Waals surface area contributed by atoms with Gasteiger partial charge in [-0.1, -0.05) is 12.1 Å². The molecule has 1 fully saturated rings. The molecule has 1 saturated heterocycles. The van der Waals surface area contributed by atoms with E-state index in [0.29, 0.717) is 6.04 Å². The number of benzene rings is 1. The van der Waals surface area contributed by atoms with Gasteiger partial charge in [0.25, 0.3) is 0 Å². The summed E-state index contributed by atoms with van der Waals surface area (Å²) in [5.74, 6) is 3.53. The minimum atomic E-state index is 0.705. The van der Waals surface area contributed by atoms with E-state index in [9.17, 15) is 0 Å². The number of rotatable bonds is 5. The third-order valence-electron chi connectivity index (χ3n) is 2.76. The molecule has 0 saturated carbocycles. The molecule has 88 valence electrons. The third-order valence-corrected chi connectivity index (χ3v) is 3.92.